The number of hydrogen-bond donors (Lipinski definition) is 0. The molecule has 290 valence electrons. The van der Waals surface area contributed by atoms with E-state index < -0.39 is 79.3 Å². The molecule has 0 N–H and O–H groups in total. The van der Waals surface area contributed by atoms with E-state index in [1.807, 2.05) is 32.9 Å². The fourth-order valence-corrected chi connectivity index (χ4v) is 10.3. The van der Waals surface area contributed by atoms with Gasteiger partial charge in [-0.2, -0.15) is 0 Å². The number of esters is 1. The summed E-state index contributed by atoms with van der Waals surface area (Å²) in [6.07, 6.45) is 4.83. The van der Waals surface area contributed by atoms with Gasteiger partial charge in [-0.05, 0) is 72.0 Å². The number of allylic oxidation sites excluding steroid dienone is 1. The van der Waals surface area contributed by atoms with Gasteiger partial charge in [-0.1, -0.05) is 65.3 Å². The Kier molecular flexibility index (Phi) is 10.8. The number of ether oxygens (including phenoxy) is 2. The van der Waals surface area contributed by atoms with Crippen molar-refractivity contribution >= 4 is 39.4 Å². The van der Waals surface area contributed by atoms with Crippen LogP contribution in [0.1, 0.15) is 109 Å². The quantitative estimate of drug-likeness (QED) is 0.239. The van der Waals surface area contributed by atoms with E-state index in [1.165, 1.54) is 10.5 Å². The zero-order valence-corrected chi connectivity index (χ0v) is 32.8. The lowest BCUT2D eigenvalue weighted by Gasteiger charge is -2.35. The molecule has 0 spiro atoms. The topological polar surface area (TPSA) is 144 Å². The molecule has 1 saturated heterocycles. The van der Waals surface area contributed by atoms with Crippen molar-refractivity contribution in [2.75, 3.05) is 18.9 Å². The van der Waals surface area contributed by atoms with Gasteiger partial charge < -0.3 is 14.4 Å². The van der Waals surface area contributed by atoms with Gasteiger partial charge in [0.2, 0.25) is 5.91 Å². The number of sulfone groups is 1. The molecule has 6 rings (SSSR count). The van der Waals surface area contributed by atoms with Crippen molar-refractivity contribution in [3.05, 3.63) is 47.5 Å². The van der Waals surface area contributed by atoms with Gasteiger partial charge in [0.1, 0.15) is 11.9 Å². The van der Waals surface area contributed by atoms with Crippen LogP contribution in [0.5, 0.6) is 0 Å². The number of aryl methyl sites for hydroxylation is 1. The third kappa shape index (κ3) is 8.57. The van der Waals surface area contributed by atoms with Gasteiger partial charge in [0.15, 0.2) is 21.4 Å². The predicted molar refractivity (Wildman–Crippen MR) is 198 cm³/mol. The zero-order chi connectivity index (χ0) is 38.5. The standard InChI is InChI=1S/C41H56N2O9S/c1-7-28-19-41(28,35(45)24-53(49,50)30-14-15-30)20-34(44)33-17-29-22-43(33)37(47)32(39(2,3)4)18-36(46)51-25-40(5,6)16-9-8-11-26-12-10-13-27-21-42(23-31(26)27)38(48)52-29/h7,10,12-13,28-30,32-33H,1,8-9,11,14-25H2,2-6H3/t28-,29-,32-,33+,41-/m1/s1. The highest BCUT2D eigenvalue weighted by molar-refractivity contribution is 7.93. The summed E-state index contributed by atoms with van der Waals surface area (Å²) in [5.74, 6) is -3.63. The van der Waals surface area contributed by atoms with Crippen LogP contribution in [0.15, 0.2) is 30.9 Å². The van der Waals surface area contributed by atoms with Gasteiger partial charge in [0.25, 0.3) is 0 Å². The summed E-state index contributed by atoms with van der Waals surface area (Å²) in [5.41, 5.74) is 1.22. The van der Waals surface area contributed by atoms with Crippen molar-refractivity contribution in [3.63, 3.8) is 0 Å². The monoisotopic (exact) mass is 752 g/mol. The number of nitrogens with zero attached hydrogens (tertiary/aromatic N) is 2. The first kappa shape index (κ1) is 39.2. The molecule has 0 aromatic heterocycles. The van der Waals surface area contributed by atoms with Crippen LogP contribution in [0, 0.1) is 28.1 Å². The molecule has 5 atom stereocenters. The van der Waals surface area contributed by atoms with Gasteiger partial charge >= 0.3 is 12.1 Å². The maximum Gasteiger partial charge on any atom is 0.410 e. The first-order valence-corrected chi connectivity index (χ1v) is 21.0. The average Bonchev–Trinajstić information content (AvgIpc) is 3.97. The number of benzene rings is 1. The lowest BCUT2D eigenvalue weighted by molar-refractivity contribution is -0.155. The van der Waals surface area contributed by atoms with Crippen molar-refractivity contribution < 1.29 is 41.9 Å². The molecule has 3 fully saturated rings. The SMILES string of the molecule is C=C[C@@H]1C[C@]1(CC(=O)[C@@H]1C[C@@H]2CN1C(=O)[C@H](C(C)(C)C)CC(=O)OCC(C)(C)CCCCc1cccc3c1CN(C3)C(=O)O2)C(=O)CS(=O)(=O)C1CC1. The van der Waals surface area contributed by atoms with E-state index in [9.17, 15) is 32.4 Å². The molecule has 53 heavy (non-hydrogen) atoms. The first-order chi connectivity index (χ1) is 24.8. The highest BCUT2D eigenvalue weighted by atomic mass is 32.2. The summed E-state index contributed by atoms with van der Waals surface area (Å²) in [4.78, 5) is 72.7. The molecule has 1 aromatic carbocycles. The van der Waals surface area contributed by atoms with Gasteiger partial charge in [-0.15, -0.1) is 6.58 Å². The molecule has 5 aliphatic rings. The normalized spacial score (nSPS) is 29.6. The molecule has 0 radical (unpaired) electrons. The Hall–Kier alpha value is -3.54. The van der Waals surface area contributed by atoms with E-state index in [1.54, 1.807) is 11.0 Å². The molecule has 3 aliphatic heterocycles. The van der Waals surface area contributed by atoms with Crippen molar-refractivity contribution in [2.45, 2.75) is 129 Å². The Morgan fingerprint density at radius 3 is 2.43 bits per heavy atom. The number of Topliss-reactive ketones (excluding diaryl/α,β-unsaturated/α-hetero) is 2. The van der Waals surface area contributed by atoms with Crippen LogP contribution in [0.25, 0.3) is 0 Å². The van der Waals surface area contributed by atoms with Crippen LogP contribution in [0.4, 0.5) is 4.79 Å². The Labute approximate surface area is 314 Å². The second-order valence-corrected chi connectivity index (χ2v) is 20.4. The second kappa shape index (κ2) is 14.6. The summed E-state index contributed by atoms with van der Waals surface area (Å²) >= 11 is 0. The van der Waals surface area contributed by atoms with Gasteiger partial charge in [0.05, 0.1) is 36.8 Å². The van der Waals surface area contributed by atoms with Gasteiger partial charge in [0, 0.05) is 31.3 Å². The van der Waals surface area contributed by atoms with E-state index in [2.05, 4.69) is 26.5 Å². The molecule has 0 unspecified atom stereocenters. The summed E-state index contributed by atoms with van der Waals surface area (Å²) < 4.78 is 37.5. The van der Waals surface area contributed by atoms with E-state index in [0.717, 1.165) is 36.8 Å². The van der Waals surface area contributed by atoms with Crippen molar-refractivity contribution in [1.29, 1.82) is 0 Å². The largest absolute Gasteiger partial charge is 0.465 e. The third-order valence-corrected chi connectivity index (χ3v) is 14.4. The minimum Gasteiger partial charge on any atom is -0.465 e. The summed E-state index contributed by atoms with van der Waals surface area (Å²) in [7, 11) is -3.61. The lowest BCUT2D eigenvalue weighted by atomic mass is 9.77. The molecule has 2 amide bonds. The highest BCUT2D eigenvalue weighted by Gasteiger charge is 2.61. The summed E-state index contributed by atoms with van der Waals surface area (Å²) in [6, 6.07) is 5.11. The van der Waals surface area contributed by atoms with E-state index in [-0.39, 0.29) is 43.7 Å². The number of cyclic esters (lactones) is 1. The summed E-state index contributed by atoms with van der Waals surface area (Å²) in [5, 5.41) is -0.507. The minimum absolute atomic E-state index is 0.0290. The van der Waals surface area contributed by atoms with Crippen molar-refractivity contribution in [2.24, 2.45) is 28.1 Å². The molecule has 11 nitrogen and oxygen atoms in total. The van der Waals surface area contributed by atoms with E-state index >= 15 is 0 Å². The fraction of sp³-hybridized carbons (Fsp3) is 0.683. The number of hydrogen-bond acceptors (Lipinski definition) is 9. The van der Waals surface area contributed by atoms with Crippen LogP contribution in [0.2, 0.25) is 0 Å². The smallest absolute Gasteiger partial charge is 0.410 e. The van der Waals surface area contributed by atoms with Crippen LogP contribution in [0.3, 0.4) is 0 Å². The maximum absolute atomic E-state index is 14.6. The Morgan fingerprint density at radius 2 is 1.77 bits per heavy atom. The third-order valence-electron chi connectivity index (χ3n) is 12.2. The number of rotatable bonds is 8. The van der Waals surface area contributed by atoms with E-state index in [4.69, 9.17) is 9.47 Å². The molecule has 2 aliphatic carbocycles. The van der Waals surface area contributed by atoms with Gasteiger partial charge in [-0.25, -0.2) is 13.2 Å². The second-order valence-electron chi connectivity index (χ2n) is 18.1. The number of ketones is 2. The molecular weight excluding hydrogens is 697 g/mol. The Bertz CT molecular complexity index is 1770. The highest BCUT2D eigenvalue weighted by Crippen LogP contribution is 2.57. The molecule has 2 saturated carbocycles. The molecule has 4 bridgehead atoms. The predicted octanol–water partition coefficient (Wildman–Crippen LogP) is 5.75. The Balaban J connectivity index is 1.28. The number of fused-ring (bicyclic) bond motifs is 3. The first-order valence-electron chi connectivity index (χ1n) is 19.2. The zero-order valence-electron chi connectivity index (χ0n) is 32.0. The fourth-order valence-electron chi connectivity index (χ4n) is 8.53. The van der Waals surface area contributed by atoms with Crippen LogP contribution in [-0.4, -0.2) is 84.1 Å². The number of amides is 2. The van der Waals surface area contributed by atoms with E-state index in [0.29, 0.717) is 32.4 Å². The van der Waals surface area contributed by atoms with Crippen molar-refractivity contribution in [1.82, 2.24) is 9.80 Å². The summed E-state index contributed by atoms with van der Waals surface area (Å²) in [6.45, 7) is 14.5. The Morgan fingerprint density at radius 1 is 1.06 bits per heavy atom. The number of carbonyl (C=O) groups excluding carboxylic acids is 5. The van der Waals surface area contributed by atoms with Gasteiger partial charge in [-0.3, -0.25) is 24.1 Å². The van der Waals surface area contributed by atoms with Crippen LogP contribution in [-0.2, 0) is 58.0 Å². The lowest BCUT2D eigenvalue weighted by Crippen LogP contribution is -2.48. The molecule has 12 heteroatoms. The minimum atomic E-state index is -3.61. The molecular formula is C41H56N2O9S. The van der Waals surface area contributed by atoms with Crippen LogP contribution < -0.4 is 0 Å². The average molecular weight is 753 g/mol. The van der Waals surface area contributed by atoms with Crippen molar-refractivity contribution in [3.8, 4) is 0 Å². The maximum atomic E-state index is 14.6. The number of carbonyl (C=O) groups is 5. The molecule has 1 aromatic rings. The van der Waals surface area contributed by atoms with Crippen LogP contribution >= 0.6 is 0 Å². The molecule has 3 heterocycles.